The first-order chi connectivity index (χ1) is 13.2. The molecule has 0 saturated heterocycles. The van der Waals surface area contributed by atoms with E-state index < -0.39 is 6.23 Å². The molecule has 0 radical (unpaired) electrons. The Morgan fingerprint density at radius 3 is 2.59 bits per heavy atom. The lowest BCUT2D eigenvalue weighted by Crippen LogP contribution is -2.33. The van der Waals surface area contributed by atoms with Crippen LogP contribution in [0.4, 0.5) is 0 Å². The Kier molecular flexibility index (Phi) is 3.90. The summed E-state index contributed by atoms with van der Waals surface area (Å²) in [6.45, 7) is 0. The van der Waals surface area contributed by atoms with E-state index in [1.807, 2.05) is 53.5 Å². The van der Waals surface area contributed by atoms with E-state index >= 15 is 0 Å². The molecule has 1 N–H and O–H groups in total. The molecule has 2 aliphatic heterocycles. The van der Waals surface area contributed by atoms with Crippen LogP contribution >= 0.6 is 15.9 Å². The predicted molar refractivity (Wildman–Crippen MR) is 108 cm³/mol. The molecule has 0 fully saturated rings. The largest absolute Gasteiger partial charge is 0.507 e. The lowest BCUT2D eigenvalue weighted by atomic mass is 9.96. The summed E-state index contributed by atoms with van der Waals surface area (Å²) in [6, 6.07) is 23.7. The number of benzene rings is 3. The summed E-state index contributed by atoms with van der Waals surface area (Å²) >= 11 is 3.49. The van der Waals surface area contributed by atoms with Gasteiger partial charge in [0, 0.05) is 16.5 Å². The first-order valence-corrected chi connectivity index (χ1v) is 9.65. The molecule has 4 nitrogen and oxygen atoms in total. The smallest absolute Gasteiger partial charge is 0.217 e. The van der Waals surface area contributed by atoms with Gasteiger partial charge >= 0.3 is 0 Å². The molecule has 0 aromatic heterocycles. The van der Waals surface area contributed by atoms with Gasteiger partial charge in [-0.05, 0) is 29.8 Å². The van der Waals surface area contributed by atoms with Crippen LogP contribution in [0.15, 0.2) is 82.4 Å². The number of fused-ring (bicyclic) bond motifs is 3. The second kappa shape index (κ2) is 6.43. The number of ether oxygens (including phenoxy) is 1. The van der Waals surface area contributed by atoms with Gasteiger partial charge in [0.05, 0.1) is 17.3 Å². The molecule has 2 heterocycles. The Hall–Kier alpha value is -2.79. The van der Waals surface area contributed by atoms with Gasteiger partial charge in [-0.3, -0.25) is 0 Å². The van der Waals surface area contributed by atoms with Crippen LogP contribution in [-0.2, 0) is 0 Å². The maximum atomic E-state index is 10.5. The van der Waals surface area contributed by atoms with Gasteiger partial charge in [0.25, 0.3) is 0 Å². The number of hydrogen-bond donors (Lipinski definition) is 1. The van der Waals surface area contributed by atoms with Crippen molar-refractivity contribution < 1.29 is 9.84 Å². The van der Waals surface area contributed by atoms with Gasteiger partial charge in [0.2, 0.25) is 6.23 Å². The third-order valence-corrected chi connectivity index (χ3v) is 5.55. The molecule has 3 aromatic carbocycles. The van der Waals surface area contributed by atoms with E-state index in [9.17, 15) is 5.11 Å². The molecule has 0 spiro atoms. The second-order valence-electron chi connectivity index (χ2n) is 6.72. The maximum absolute atomic E-state index is 10.5. The van der Waals surface area contributed by atoms with E-state index in [4.69, 9.17) is 9.84 Å². The summed E-state index contributed by atoms with van der Waals surface area (Å²) < 4.78 is 7.18. The zero-order valence-electron chi connectivity index (χ0n) is 14.4. The molecule has 2 aliphatic rings. The molecule has 2 unspecified atom stereocenters. The summed E-state index contributed by atoms with van der Waals surface area (Å²) in [5.74, 6) is 1.04. The zero-order chi connectivity index (χ0) is 18.4. The number of hydrogen-bond acceptors (Lipinski definition) is 4. The van der Waals surface area contributed by atoms with E-state index in [2.05, 4.69) is 34.1 Å². The Balaban J connectivity index is 1.63. The second-order valence-corrected chi connectivity index (χ2v) is 7.64. The highest BCUT2D eigenvalue weighted by Gasteiger charge is 2.41. The first kappa shape index (κ1) is 16.4. The Morgan fingerprint density at radius 1 is 0.963 bits per heavy atom. The number of aromatic hydroxyl groups is 1. The van der Waals surface area contributed by atoms with Crippen LogP contribution in [0.1, 0.15) is 35.4 Å². The SMILES string of the molecule is Oc1ccc(Br)cc1C1Oc2ccccc2C2CC(c3ccccc3)=NN21. The number of hydrazone groups is 1. The minimum absolute atomic E-state index is 0.0773. The monoisotopic (exact) mass is 420 g/mol. The highest BCUT2D eigenvalue weighted by molar-refractivity contribution is 9.10. The minimum Gasteiger partial charge on any atom is -0.507 e. The fourth-order valence-electron chi connectivity index (χ4n) is 3.77. The number of halogens is 1. The third kappa shape index (κ3) is 2.79. The lowest BCUT2D eigenvalue weighted by molar-refractivity contribution is -0.0203. The van der Waals surface area contributed by atoms with Crippen LogP contribution in [0.25, 0.3) is 0 Å². The van der Waals surface area contributed by atoms with Crippen molar-refractivity contribution in [3.8, 4) is 11.5 Å². The molecule has 134 valence electrons. The minimum atomic E-state index is -0.483. The number of phenols is 1. The Labute approximate surface area is 165 Å². The molecule has 0 aliphatic carbocycles. The van der Waals surface area contributed by atoms with Gasteiger partial charge in [-0.1, -0.05) is 64.5 Å². The molecule has 0 bridgehead atoms. The summed E-state index contributed by atoms with van der Waals surface area (Å²) in [5.41, 5.74) is 3.96. The van der Waals surface area contributed by atoms with Gasteiger partial charge in [-0.15, -0.1) is 0 Å². The highest BCUT2D eigenvalue weighted by atomic mass is 79.9. The van der Waals surface area contributed by atoms with E-state index in [1.165, 1.54) is 0 Å². The van der Waals surface area contributed by atoms with Crippen molar-refractivity contribution in [2.75, 3.05) is 0 Å². The van der Waals surface area contributed by atoms with Crippen molar-refractivity contribution in [2.45, 2.75) is 18.7 Å². The normalized spacial score (nSPS) is 20.5. The van der Waals surface area contributed by atoms with E-state index in [0.717, 1.165) is 33.5 Å². The maximum Gasteiger partial charge on any atom is 0.217 e. The predicted octanol–water partition coefficient (Wildman–Crippen LogP) is 5.40. The Bertz CT molecular complexity index is 1040. The van der Waals surface area contributed by atoms with Gasteiger partial charge in [0.1, 0.15) is 11.5 Å². The number of para-hydroxylation sites is 1. The van der Waals surface area contributed by atoms with Crippen LogP contribution in [0.2, 0.25) is 0 Å². The fourth-order valence-corrected chi connectivity index (χ4v) is 4.15. The first-order valence-electron chi connectivity index (χ1n) is 8.86. The average Bonchev–Trinajstić information content (AvgIpc) is 3.16. The quantitative estimate of drug-likeness (QED) is 0.603. The summed E-state index contributed by atoms with van der Waals surface area (Å²) in [7, 11) is 0. The highest BCUT2D eigenvalue weighted by Crippen LogP contribution is 2.48. The summed E-state index contributed by atoms with van der Waals surface area (Å²) in [6.07, 6.45) is 0.318. The molecule has 2 atom stereocenters. The topological polar surface area (TPSA) is 45.1 Å². The van der Waals surface area contributed by atoms with Crippen molar-refractivity contribution in [1.82, 2.24) is 5.01 Å². The number of phenolic OH excluding ortho intramolecular Hbond substituents is 1. The van der Waals surface area contributed by atoms with Crippen LogP contribution in [-0.4, -0.2) is 15.8 Å². The van der Waals surface area contributed by atoms with E-state index in [1.54, 1.807) is 6.07 Å². The van der Waals surface area contributed by atoms with Crippen molar-refractivity contribution in [3.63, 3.8) is 0 Å². The van der Waals surface area contributed by atoms with Gasteiger partial charge in [-0.25, -0.2) is 5.01 Å². The molecular formula is C22H17BrN2O2. The van der Waals surface area contributed by atoms with E-state index in [0.29, 0.717) is 5.56 Å². The van der Waals surface area contributed by atoms with Crippen molar-refractivity contribution in [2.24, 2.45) is 5.10 Å². The molecule has 0 amide bonds. The molecule has 0 saturated carbocycles. The van der Waals surface area contributed by atoms with Crippen molar-refractivity contribution in [1.29, 1.82) is 0 Å². The molecule has 27 heavy (non-hydrogen) atoms. The zero-order valence-corrected chi connectivity index (χ0v) is 16.0. The van der Waals surface area contributed by atoms with Crippen LogP contribution < -0.4 is 4.74 Å². The van der Waals surface area contributed by atoms with Crippen LogP contribution in [0, 0.1) is 0 Å². The van der Waals surface area contributed by atoms with Gasteiger partial charge in [0.15, 0.2) is 0 Å². The van der Waals surface area contributed by atoms with Crippen LogP contribution in [0.5, 0.6) is 11.5 Å². The summed E-state index contributed by atoms with van der Waals surface area (Å²) in [5, 5.41) is 17.3. The van der Waals surface area contributed by atoms with Crippen molar-refractivity contribution >= 4 is 21.6 Å². The summed E-state index contributed by atoms with van der Waals surface area (Å²) in [4.78, 5) is 0. The fraction of sp³-hybridized carbons (Fsp3) is 0.136. The van der Waals surface area contributed by atoms with Crippen molar-refractivity contribution in [3.05, 3.63) is 94.0 Å². The lowest BCUT2D eigenvalue weighted by Gasteiger charge is -2.38. The number of nitrogens with zero attached hydrogens (tertiary/aromatic N) is 2. The standard InChI is InChI=1S/C22H17BrN2O2/c23-15-10-11-20(26)17(12-15)22-25-19(16-8-4-5-9-21(16)27-22)13-18(24-25)14-6-2-1-3-7-14/h1-12,19,22,26H,13H2. The van der Waals surface area contributed by atoms with Gasteiger partial charge < -0.3 is 9.84 Å². The Morgan fingerprint density at radius 2 is 1.74 bits per heavy atom. The van der Waals surface area contributed by atoms with Gasteiger partial charge in [-0.2, -0.15) is 5.10 Å². The molecule has 5 rings (SSSR count). The number of rotatable bonds is 2. The molecule has 5 heteroatoms. The van der Waals surface area contributed by atoms with E-state index in [-0.39, 0.29) is 11.8 Å². The third-order valence-electron chi connectivity index (χ3n) is 5.06. The van der Waals surface area contributed by atoms with Crippen LogP contribution in [0.3, 0.4) is 0 Å². The molecular weight excluding hydrogens is 404 g/mol. The molecule has 3 aromatic rings. The average molecular weight is 421 g/mol.